The first-order chi connectivity index (χ1) is 35.6. The first-order valence-electron chi connectivity index (χ1n) is 24.3. The number of para-hydroxylation sites is 2. The molecule has 0 spiro atoms. The molecule has 6 heteroatoms. The van der Waals surface area contributed by atoms with E-state index >= 15 is 0 Å². The van der Waals surface area contributed by atoms with Crippen LogP contribution in [-0.2, 0) is 0 Å². The monoisotopic (exact) mass is 954 g/mol. The van der Waals surface area contributed by atoms with Crippen molar-refractivity contribution in [1.82, 2.24) is 0 Å². The zero-order valence-corrected chi connectivity index (χ0v) is 40.1. The number of fused-ring (bicyclic) bond motifs is 15. The summed E-state index contributed by atoms with van der Waals surface area (Å²) in [6.45, 7) is 0. The first kappa shape index (κ1) is 39.9. The van der Waals surface area contributed by atoms with Crippen LogP contribution in [0.3, 0.4) is 0 Å². The summed E-state index contributed by atoms with van der Waals surface area (Å²) < 4.78 is 18.7. The second kappa shape index (κ2) is 15.3. The molecule has 0 fully saturated rings. The molecule has 0 saturated carbocycles. The lowest BCUT2D eigenvalue weighted by Gasteiger charge is -2.25. The Bertz CT molecular complexity index is 4580. The van der Waals surface area contributed by atoms with Crippen LogP contribution in [0.2, 0.25) is 0 Å². The van der Waals surface area contributed by atoms with Crippen molar-refractivity contribution in [3.05, 3.63) is 231 Å². The van der Waals surface area contributed by atoms with Gasteiger partial charge in [-0.25, -0.2) is 0 Å². The Kier molecular flexibility index (Phi) is 8.46. The van der Waals surface area contributed by atoms with Gasteiger partial charge < -0.3 is 18.6 Å². The van der Waals surface area contributed by atoms with Crippen LogP contribution in [0.15, 0.2) is 239 Å². The standard InChI is InChI=1S/C66H38N2O2S2/c1-3-15-45(16-4-1)67(49-21-25-53-57-27-39-11-7-9-13-41(39)33-63(57)71-65(53)37-49)47-19-23-51-55-29-43-32-60-56(30-44(43)31-59(55)69-61(51)35-47)52-24-20-48(36-62(52)70-60)68(46-17-5-2-6-18-46)50-22-26-54-58-28-40-12-8-10-14-42(40)34-64(58)72-66(54)38-50/h1-38H. The average molecular weight is 955 g/mol. The van der Waals surface area contributed by atoms with Gasteiger partial charge in [-0.05, 0) is 154 Å². The van der Waals surface area contributed by atoms with Gasteiger partial charge in [0.05, 0.1) is 0 Å². The zero-order chi connectivity index (χ0) is 47.0. The highest BCUT2D eigenvalue weighted by Gasteiger charge is 2.21. The third-order valence-corrected chi connectivity index (χ3v) is 16.9. The number of hydrogen-bond donors (Lipinski definition) is 0. The molecule has 72 heavy (non-hydrogen) atoms. The number of hydrogen-bond acceptors (Lipinski definition) is 6. The SMILES string of the molecule is c1ccc(N(c2ccc3c(c2)oc2cc4cc5c(cc4cc23)oc2cc(N(c3ccccc3)c3ccc4c(c3)sc3cc6ccccc6cc34)ccc25)c2ccc3c(c2)sc2cc4ccccc4cc23)cc1. The van der Waals surface area contributed by atoms with E-state index in [9.17, 15) is 0 Å². The fourth-order valence-electron chi connectivity index (χ4n) is 11.3. The number of rotatable bonds is 6. The van der Waals surface area contributed by atoms with Gasteiger partial charge in [-0.1, -0.05) is 97.1 Å². The molecule has 0 saturated heterocycles. The van der Waals surface area contributed by atoms with E-state index in [4.69, 9.17) is 8.83 Å². The molecule has 0 bridgehead atoms. The van der Waals surface area contributed by atoms with Gasteiger partial charge in [0, 0.05) is 108 Å². The summed E-state index contributed by atoms with van der Waals surface area (Å²) in [5.41, 5.74) is 9.85. The molecule has 0 aliphatic carbocycles. The third kappa shape index (κ3) is 6.16. The van der Waals surface area contributed by atoms with Gasteiger partial charge in [0.15, 0.2) is 0 Å². The number of benzene rings is 12. The molecule has 16 rings (SSSR count). The van der Waals surface area contributed by atoms with Crippen LogP contribution in [0.4, 0.5) is 34.1 Å². The smallest absolute Gasteiger partial charge is 0.137 e. The van der Waals surface area contributed by atoms with Crippen LogP contribution in [0.1, 0.15) is 0 Å². The van der Waals surface area contributed by atoms with Crippen LogP contribution in [0.25, 0.3) is 117 Å². The minimum Gasteiger partial charge on any atom is -0.456 e. The molecule has 4 aromatic heterocycles. The summed E-state index contributed by atoms with van der Waals surface area (Å²) in [5, 5.41) is 16.7. The van der Waals surface area contributed by atoms with Gasteiger partial charge in [0.2, 0.25) is 0 Å². The maximum atomic E-state index is 6.79. The van der Waals surface area contributed by atoms with E-state index in [1.165, 1.54) is 61.9 Å². The Balaban J connectivity index is 0.775. The van der Waals surface area contributed by atoms with E-state index in [-0.39, 0.29) is 0 Å². The lowest BCUT2D eigenvalue weighted by atomic mass is 10.0. The summed E-state index contributed by atoms with van der Waals surface area (Å²) in [4.78, 5) is 4.66. The predicted octanol–water partition coefficient (Wildman–Crippen LogP) is 20.6. The Morgan fingerprint density at radius 3 is 0.986 bits per heavy atom. The van der Waals surface area contributed by atoms with Crippen molar-refractivity contribution >= 4 is 173 Å². The first-order valence-corrected chi connectivity index (χ1v) is 25.9. The Morgan fingerprint density at radius 1 is 0.222 bits per heavy atom. The molecule has 12 aromatic carbocycles. The molecule has 336 valence electrons. The summed E-state index contributed by atoms with van der Waals surface area (Å²) in [6.07, 6.45) is 0. The molecular weight excluding hydrogens is 917 g/mol. The maximum absolute atomic E-state index is 6.79. The summed E-state index contributed by atoms with van der Waals surface area (Å²) in [5.74, 6) is 0. The van der Waals surface area contributed by atoms with Crippen molar-refractivity contribution < 1.29 is 8.83 Å². The van der Waals surface area contributed by atoms with E-state index in [0.29, 0.717) is 0 Å². The van der Waals surface area contributed by atoms with Crippen molar-refractivity contribution in [2.45, 2.75) is 0 Å². The Hall–Kier alpha value is -8.94. The minimum atomic E-state index is 0.845. The van der Waals surface area contributed by atoms with Gasteiger partial charge in [-0.2, -0.15) is 0 Å². The number of nitrogens with zero attached hydrogens (tertiary/aromatic N) is 2. The van der Waals surface area contributed by atoms with Crippen LogP contribution >= 0.6 is 22.7 Å². The molecule has 16 aromatic rings. The lowest BCUT2D eigenvalue weighted by molar-refractivity contribution is 0.668. The van der Waals surface area contributed by atoms with E-state index < -0.39 is 0 Å². The topological polar surface area (TPSA) is 32.8 Å². The second-order valence-corrected chi connectivity index (χ2v) is 21.1. The summed E-state index contributed by atoms with van der Waals surface area (Å²) in [7, 11) is 0. The molecule has 0 amide bonds. The number of anilines is 6. The lowest BCUT2D eigenvalue weighted by Crippen LogP contribution is -2.09. The maximum Gasteiger partial charge on any atom is 0.137 e. The largest absolute Gasteiger partial charge is 0.456 e. The van der Waals surface area contributed by atoms with Crippen LogP contribution < -0.4 is 9.80 Å². The highest BCUT2D eigenvalue weighted by atomic mass is 32.1. The van der Waals surface area contributed by atoms with Gasteiger partial charge in [0.1, 0.15) is 22.3 Å². The average Bonchev–Trinajstić information content (AvgIpc) is 4.17. The fourth-order valence-corrected chi connectivity index (χ4v) is 13.6. The Morgan fingerprint density at radius 2 is 0.556 bits per heavy atom. The van der Waals surface area contributed by atoms with Crippen molar-refractivity contribution in [3.8, 4) is 0 Å². The van der Waals surface area contributed by atoms with Crippen molar-refractivity contribution in [3.63, 3.8) is 0 Å². The summed E-state index contributed by atoms with van der Waals surface area (Å²) >= 11 is 3.71. The zero-order valence-electron chi connectivity index (χ0n) is 38.5. The third-order valence-electron chi connectivity index (χ3n) is 14.7. The normalized spacial score (nSPS) is 12.2. The highest BCUT2D eigenvalue weighted by molar-refractivity contribution is 7.26. The van der Waals surface area contributed by atoms with Gasteiger partial charge in [-0.3, -0.25) is 0 Å². The second-order valence-electron chi connectivity index (χ2n) is 18.9. The van der Waals surface area contributed by atoms with E-state index in [0.717, 1.165) is 88.8 Å². The van der Waals surface area contributed by atoms with Gasteiger partial charge in [0.25, 0.3) is 0 Å². The molecule has 0 aliphatic rings. The number of thiophene rings is 2. The quantitative estimate of drug-likeness (QED) is 0.166. The minimum absolute atomic E-state index is 0.845. The van der Waals surface area contributed by atoms with Gasteiger partial charge in [-0.15, -0.1) is 22.7 Å². The summed E-state index contributed by atoms with van der Waals surface area (Å²) in [6, 6.07) is 83.7. The molecule has 0 unspecified atom stereocenters. The predicted molar refractivity (Wildman–Crippen MR) is 309 cm³/mol. The molecule has 4 nitrogen and oxygen atoms in total. The number of furan rings is 2. The van der Waals surface area contributed by atoms with Crippen LogP contribution in [0, 0.1) is 0 Å². The van der Waals surface area contributed by atoms with E-state index in [1.807, 2.05) is 22.7 Å². The molecule has 0 N–H and O–H groups in total. The van der Waals surface area contributed by atoms with Gasteiger partial charge >= 0.3 is 0 Å². The fraction of sp³-hybridized carbons (Fsp3) is 0. The molecule has 0 radical (unpaired) electrons. The van der Waals surface area contributed by atoms with Crippen LogP contribution in [-0.4, -0.2) is 0 Å². The Labute approximate surface area is 420 Å². The van der Waals surface area contributed by atoms with E-state index in [2.05, 4.69) is 240 Å². The highest BCUT2D eigenvalue weighted by Crippen LogP contribution is 2.46. The molecular formula is C66H38N2O2S2. The van der Waals surface area contributed by atoms with E-state index in [1.54, 1.807) is 0 Å². The van der Waals surface area contributed by atoms with Crippen molar-refractivity contribution in [2.24, 2.45) is 0 Å². The molecule has 0 atom stereocenters. The van der Waals surface area contributed by atoms with Crippen molar-refractivity contribution in [2.75, 3.05) is 9.80 Å². The molecule has 0 aliphatic heterocycles. The van der Waals surface area contributed by atoms with Crippen LogP contribution in [0.5, 0.6) is 0 Å². The van der Waals surface area contributed by atoms with Crippen molar-refractivity contribution in [1.29, 1.82) is 0 Å². The molecule has 4 heterocycles.